The third kappa shape index (κ3) is 3.31. The Balaban J connectivity index is 2.72. The molecule has 4 heteroatoms. The molecule has 1 heterocycles. The van der Waals surface area contributed by atoms with Crippen LogP contribution in [0.3, 0.4) is 0 Å². The van der Waals surface area contributed by atoms with Crippen LogP contribution in [0, 0.1) is 5.92 Å². The van der Waals surface area contributed by atoms with Crippen LogP contribution < -0.4 is 0 Å². The topological polar surface area (TPSA) is 38.8 Å². The van der Waals surface area contributed by atoms with Crippen LogP contribution in [0.2, 0.25) is 0 Å². The summed E-state index contributed by atoms with van der Waals surface area (Å²) in [6.45, 7) is 13.1. The quantitative estimate of drug-likeness (QED) is 0.726. The number of ketones is 1. The van der Waals surface area contributed by atoms with Gasteiger partial charge in [0.2, 0.25) is 0 Å². The van der Waals surface area contributed by atoms with E-state index < -0.39 is 5.60 Å². The van der Waals surface area contributed by atoms with Crippen LogP contribution in [0.4, 0.5) is 0 Å². The summed E-state index contributed by atoms with van der Waals surface area (Å²) in [6.07, 6.45) is 0. The van der Waals surface area contributed by atoms with Crippen LogP contribution in [-0.4, -0.2) is 55.2 Å². The maximum Gasteiger partial charge on any atom is 0.171 e. The molecule has 0 aliphatic carbocycles. The third-order valence-corrected chi connectivity index (χ3v) is 3.77. The molecule has 18 heavy (non-hydrogen) atoms. The third-order valence-electron chi connectivity index (χ3n) is 3.77. The Morgan fingerprint density at radius 2 is 1.94 bits per heavy atom. The SMILES string of the molecule is CCN(CCOC)CC1C(=O)C(C)(C)OC1(C)C. The zero-order valence-corrected chi connectivity index (χ0v) is 12.6. The molecular formula is C14H27NO3. The second-order valence-corrected chi connectivity index (χ2v) is 6.02. The van der Waals surface area contributed by atoms with Crippen molar-refractivity contribution in [3.63, 3.8) is 0 Å². The van der Waals surface area contributed by atoms with Crippen molar-refractivity contribution in [2.45, 2.75) is 45.8 Å². The molecule has 0 aromatic heterocycles. The van der Waals surface area contributed by atoms with E-state index in [1.807, 2.05) is 27.7 Å². The van der Waals surface area contributed by atoms with Crippen molar-refractivity contribution in [1.82, 2.24) is 4.90 Å². The number of methoxy groups -OCH3 is 1. The van der Waals surface area contributed by atoms with E-state index in [1.54, 1.807) is 7.11 Å². The summed E-state index contributed by atoms with van der Waals surface area (Å²) in [7, 11) is 1.70. The lowest BCUT2D eigenvalue weighted by Crippen LogP contribution is -2.42. The smallest absolute Gasteiger partial charge is 0.171 e. The maximum atomic E-state index is 12.4. The Bertz CT molecular complexity index is 299. The predicted molar refractivity (Wildman–Crippen MR) is 71.7 cm³/mol. The van der Waals surface area contributed by atoms with Gasteiger partial charge in [-0.05, 0) is 34.2 Å². The van der Waals surface area contributed by atoms with Gasteiger partial charge in [-0.25, -0.2) is 0 Å². The molecule has 106 valence electrons. The average molecular weight is 257 g/mol. The van der Waals surface area contributed by atoms with E-state index in [0.29, 0.717) is 6.61 Å². The van der Waals surface area contributed by atoms with Gasteiger partial charge in [0.15, 0.2) is 5.78 Å². The van der Waals surface area contributed by atoms with E-state index in [2.05, 4.69) is 11.8 Å². The lowest BCUT2D eigenvalue weighted by Gasteiger charge is -2.30. The van der Waals surface area contributed by atoms with Crippen molar-refractivity contribution in [3.8, 4) is 0 Å². The number of hydrogen-bond donors (Lipinski definition) is 0. The maximum absolute atomic E-state index is 12.4. The van der Waals surface area contributed by atoms with Crippen LogP contribution in [0.15, 0.2) is 0 Å². The second-order valence-electron chi connectivity index (χ2n) is 6.02. The first-order valence-electron chi connectivity index (χ1n) is 6.70. The van der Waals surface area contributed by atoms with Crippen LogP contribution in [-0.2, 0) is 14.3 Å². The highest BCUT2D eigenvalue weighted by Crippen LogP contribution is 2.39. The van der Waals surface area contributed by atoms with Crippen LogP contribution >= 0.6 is 0 Å². The van der Waals surface area contributed by atoms with Gasteiger partial charge < -0.3 is 14.4 Å². The monoisotopic (exact) mass is 257 g/mol. The summed E-state index contributed by atoms with van der Waals surface area (Å²) in [5, 5.41) is 0. The van der Waals surface area contributed by atoms with Crippen molar-refractivity contribution in [2.24, 2.45) is 5.92 Å². The number of carbonyl (C=O) groups is 1. The van der Waals surface area contributed by atoms with E-state index >= 15 is 0 Å². The van der Waals surface area contributed by atoms with Crippen LogP contribution in [0.1, 0.15) is 34.6 Å². The first-order valence-corrected chi connectivity index (χ1v) is 6.70. The molecule has 1 fully saturated rings. The number of nitrogens with zero attached hydrogens (tertiary/aromatic N) is 1. The fourth-order valence-electron chi connectivity index (χ4n) is 2.67. The number of carbonyl (C=O) groups excluding carboxylic acids is 1. The summed E-state index contributed by atoms with van der Waals surface area (Å²) < 4.78 is 11.0. The van der Waals surface area contributed by atoms with E-state index in [9.17, 15) is 4.79 Å². The Hall–Kier alpha value is -0.450. The minimum absolute atomic E-state index is 0.0655. The van der Waals surface area contributed by atoms with Gasteiger partial charge in [-0.3, -0.25) is 4.79 Å². The lowest BCUT2D eigenvalue weighted by atomic mass is 9.85. The molecule has 0 aromatic rings. The van der Waals surface area contributed by atoms with Crippen molar-refractivity contribution in [1.29, 1.82) is 0 Å². The van der Waals surface area contributed by atoms with Crippen LogP contribution in [0.25, 0.3) is 0 Å². The average Bonchev–Trinajstić information content (AvgIpc) is 2.41. The molecule has 1 saturated heterocycles. The number of ether oxygens (including phenoxy) is 2. The van der Waals surface area contributed by atoms with E-state index in [1.165, 1.54) is 0 Å². The molecule has 0 aromatic carbocycles. The molecule has 1 aliphatic rings. The van der Waals surface area contributed by atoms with Gasteiger partial charge >= 0.3 is 0 Å². The molecule has 1 unspecified atom stereocenters. The molecule has 0 bridgehead atoms. The predicted octanol–water partition coefficient (Wildman–Crippen LogP) is 1.73. The van der Waals surface area contributed by atoms with Gasteiger partial charge in [0.1, 0.15) is 5.60 Å². The van der Waals surface area contributed by atoms with Crippen molar-refractivity contribution < 1.29 is 14.3 Å². The van der Waals surface area contributed by atoms with Gasteiger partial charge in [-0.2, -0.15) is 0 Å². The fraction of sp³-hybridized carbons (Fsp3) is 0.929. The largest absolute Gasteiger partial charge is 0.383 e. The van der Waals surface area contributed by atoms with Gasteiger partial charge in [0, 0.05) is 20.2 Å². The summed E-state index contributed by atoms with van der Waals surface area (Å²) >= 11 is 0. The molecule has 1 rings (SSSR count). The molecule has 0 spiro atoms. The Labute approximate surface area is 111 Å². The lowest BCUT2D eigenvalue weighted by molar-refractivity contribution is -0.132. The first kappa shape index (κ1) is 15.6. The van der Waals surface area contributed by atoms with Crippen LogP contribution in [0.5, 0.6) is 0 Å². The molecule has 1 atom stereocenters. The molecular weight excluding hydrogens is 230 g/mol. The molecule has 1 aliphatic heterocycles. The highest BCUT2D eigenvalue weighted by molar-refractivity contribution is 5.91. The number of hydrogen-bond acceptors (Lipinski definition) is 4. The Morgan fingerprint density at radius 3 is 2.33 bits per heavy atom. The highest BCUT2D eigenvalue weighted by Gasteiger charge is 2.53. The minimum atomic E-state index is -0.658. The Kier molecular flexibility index (Phi) is 4.92. The zero-order chi connectivity index (χ0) is 14.0. The van der Waals surface area contributed by atoms with Gasteiger partial charge in [-0.15, -0.1) is 0 Å². The molecule has 0 saturated carbocycles. The normalized spacial score (nSPS) is 25.9. The summed E-state index contributed by atoms with van der Waals surface area (Å²) in [5.74, 6) is 0.146. The summed E-state index contributed by atoms with van der Waals surface area (Å²) in [5.41, 5.74) is -1.05. The second kappa shape index (κ2) is 5.68. The summed E-state index contributed by atoms with van der Waals surface area (Å²) in [6, 6.07) is 0. The van der Waals surface area contributed by atoms with E-state index in [4.69, 9.17) is 9.47 Å². The molecule has 0 radical (unpaired) electrons. The number of likely N-dealkylation sites (N-methyl/N-ethyl adjacent to an activating group) is 1. The van der Waals surface area contributed by atoms with E-state index in [-0.39, 0.29) is 17.3 Å². The fourth-order valence-corrected chi connectivity index (χ4v) is 2.67. The van der Waals surface area contributed by atoms with Crippen molar-refractivity contribution in [2.75, 3.05) is 33.4 Å². The molecule has 0 amide bonds. The van der Waals surface area contributed by atoms with Gasteiger partial charge in [-0.1, -0.05) is 6.92 Å². The zero-order valence-electron chi connectivity index (χ0n) is 12.6. The summed E-state index contributed by atoms with van der Waals surface area (Å²) in [4.78, 5) is 14.6. The first-order chi connectivity index (χ1) is 8.24. The standard InChI is InChI=1S/C14H27NO3/c1-7-15(8-9-17-6)10-11-12(16)14(4,5)18-13(11,2)3/h11H,7-10H2,1-6H3. The number of Topliss-reactive ketones (excluding diaryl/α,β-unsaturated/α-hetero) is 1. The van der Waals surface area contributed by atoms with Gasteiger partial charge in [0.05, 0.1) is 18.1 Å². The molecule has 4 nitrogen and oxygen atoms in total. The minimum Gasteiger partial charge on any atom is -0.383 e. The number of rotatable bonds is 6. The molecule has 0 N–H and O–H groups in total. The van der Waals surface area contributed by atoms with Crippen molar-refractivity contribution in [3.05, 3.63) is 0 Å². The van der Waals surface area contributed by atoms with Gasteiger partial charge in [0.25, 0.3) is 0 Å². The Morgan fingerprint density at radius 1 is 1.33 bits per heavy atom. The van der Waals surface area contributed by atoms with Crippen molar-refractivity contribution >= 4 is 5.78 Å². The highest BCUT2D eigenvalue weighted by atomic mass is 16.5. The van der Waals surface area contributed by atoms with E-state index in [0.717, 1.165) is 19.6 Å².